The van der Waals surface area contributed by atoms with Crippen LogP contribution in [0.1, 0.15) is 23.2 Å². The van der Waals surface area contributed by atoms with Gasteiger partial charge in [-0.05, 0) is 30.3 Å². The van der Waals surface area contributed by atoms with Gasteiger partial charge in [-0.25, -0.2) is 18.2 Å². The molecular formula is C20H15F3N6O. The van der Waals surface area contributed by atoms with E-state index in [1.807, 2.05) is 0 Å². The predicted molar refractivity (Wildman–Crippen MR) is 102 cm³/mol. The van der Waals surface area contributed by atoms with E-state index in [1.165, 1.54) is 37.8 Å². The number of rotatable bonds is 4. The van der Waals surface area contributed by atoms with E-state index in [1.54, 1.807) is 0 Å². The fraction of sp³-hybridized carbons (Fsp3) is 0.150. The number of hydrogen-bond acceptors (Lipinski definition) is 6. The van der Waals surface area contributed by atoms with Gasteiger partial charge in [-0.2, -0.15) is 0 Å². The van der Waals surface area contributed by atoms with Crippen molar-refractivity contribution in [3.8, 4) is 11.3 Å². The van der Waals surface area contributed by atoms with Crippen LogP contribution in [0.5, 0.6) is 0 Å². The number of aromatic nitrogens is 3. The van der Waals surface area contributed by atoms with Gasteiger partial charge in [-0.15, -0.1) is 0 Å². The lowest BCUT2D eigenvalue weighted by Gasteiger charge is -2.26. The summed E-state index contributed by atoms with van der Waals surface area (Å²) >= 11 is 0. The van der Waals surface area contributed by atoms with E-state index in [-0.39, 0.29) is 22.8 Å². The van der Waals surface area contributed by atoms with Crippen LogP contribution in [0.4, 0.5) is 13.2 Å². The van der Waals surface area contributed by atoms with Gasteiger partial charge in [-0.1, -0.05) is 0 Å². The molecule has 0 fully saturated rings. The number of likely N-dealkylation sites (N-methyl/N-ethyl adjacent to an activating group) is 1. The van der Waals surface area contributed by atoms with Crippen LogP contribution in [0.3, 0.4) is 0 Å². The number of carbonyl (C=O) groups excluding carboxylic acids is 1. The zero-order valence-corrected chi connectivity index (χ0v) is 15.6. The van der Waals surface area contributed by atoms with E-state index in [4.69, 9.17) is 5.73 Å². The first kappa shape index (κ1) is 19.5. The van der Waals surface area contributed by atoms with Gasteiger partial charge in [0.25, 0.3) is 12.3 Å². The third-order valence-corrected chi connectivity index (χ3v) is 4.86. The fourth-order valence-corrected chi connectivity index (χ4v) is 3.31. The maximum atomic E-state index is 15.1. The van der Waals surface area contributed by atoms with Crippen molar-refractivity contribution in [2.75, 3.05) is 7.05 Å². The molecule has 152 valence electrons. The quantitative estimate of drug-likeness (QED) is 0.711. The standard InChI is InChI=1S/C20H15F3N6O/c1-29-18(30)20(28-19(29)24,16-9-12(17(22)23)4-5-27-16)13-8-11(2-3-14(13)21)15-10-25-6-7-26-15/h2-10,17H,1H3,(H2,24,28). The number of nitrogens with zero attached hydrogens (tertiary/aromatic N) is 5. The second-order valence-electron chi connectivity index (χ2n) is 6.60. The third-order valence-electron chi connectivity index (χ3n) is 4.86. The van der Waals surface area contributed by atoms with E-state index >= 15 is 4.39 Å². The number of amides is 1. The molecule has 2 N–H and O–H groups in total. The van der Waals surface area contributed by atoms with Gasteiger partial charge in [0.05, 0.1) is 17.6 Å². The number of halogens is 3. The third kappa shape index (κ3) is 2.97. The van der Waals surface area contributed by atoms with Crippen molar-refractivity contribution in [3.63, 3.8) is 0 Å². The number of benzene rings is 1. The molecule has 7 nitrogen and oxygen atoms in total. The number of alkyl halides is 2. The molecule has 1 aliphatic rings. The maximum absolute atomic E-state index is 15.1. The van der Waals surface area contributed by atoms with Gasteiger partial charge in [0.2, 0.25) is 5.54 Å². The summed E-state index contributed by atoms with van der Waals surface area (Å²) in [6.07, 6.45) is 2.73. The molecule has 4 rings (SSSR count). The lowest BCUT2D eigenvalue weighted by Crippen LogP contribution is -2.42. The summed E-state index contributed by atoms with van der Waals surface area (Å²) in [6, 6.07) is 6.15. The SMILES string of the molecule is CN1C(=O)C(c2cc(C(F)F)ccn2)(c2cc(-c3cnccn3)ccc2F)N=C1N. The summed E-state index contributed by atoms with van der Waals surface area (Å²) < 4.78 is 41.7. The van der Waals surface area contributed by atoms with Crippen molar-refractivity contribution in [1.29, 1.82) is 0 Å². The molecule has 1 aliphatic heterocycles. The number of aliphatic imine (C=N–C) groups is 1. The molecule has 3 aromatic rings. The molecule has 0 saturated carbocycles. The minimum atomic E-state index is -2.81. The van der Waals surface area contributed by atoms with Crippen LogP contribution < -0.4 is 5.73 Å². The molecule has 10 heteroatoms. The normalized spacial score (nSPS) is 18.8. The van der Waals surface area contributed by atoms with Gasteiger partial charge in [-0.3, -0.25) is 24.6 Å². The summed E-state index contributed by atoms with van der Waals surface area (Å²) in [4.78, 5) is 30.7. The van der Waals surface area contributed by atoms with Gasteiger partial charge >= 0.3 is 0 Å². The summed E-state index contributed by atoms with van der Waals surface area (Å²) in [7, 11) is 1.37. The second-order valence-corrected chi connectivity index (χ2v) is 6.60. The Labute approximate surface area is 169 Å². The molecule has 0 spiro atoms. The van der Waals surface area contributed by atoms with Crippen molar-refractivity contribution < 1.29 is 18.0 Å². The molecule has 1 aromatic carbocycles. The van der Waals surface area contributed by atoms with Gasteiger partial charge in [0, 0.05) is 42.3 Å². The van der Waals surface area contributed by atoms with Crippen LogP contribution in [0.15, 0.2) is 60.1 Å². The molecule has 3 heterocycles. The zero-order valence-electron chi connectivity index (χ0n) is 15.6. The predicted octanol–water partition coefficient (Wildman–Crippen LogP) is 2.65. The lowest BCUT2D eigenvalue weighted by atomic mass is 9.84. The number of nitrogens with two attached hydrogens (primary N) is 1. The lowest BCUT2D eigenvalue weighted by molar-refractivity contribution is -0.129. The molecular weight excluding hydrogens is 397 g/mol. The average molecular weight is 412 g/mol. The van der Waals surface area contributed by atoms with Crippen molar-refractivity contribution >= 4 is 11.9 Å². The molecule has 1 atom stereocenters. The minimum Gasteiger partial charge on any atom is -0.369 e. The molecule has 1 amide bonds. The van der Waals surface area contributed by atoms with Crippen LogP contribution in [-0.4, -0.2) is 38.8 Å². The largest absolute Gasteiger partial charge is 0.369 e. The van der Waals surface area contributed by atoms with Crippen molar-refractivity contribution in [3.05, 3.63) is 77.8 Å². The highest BCUT2D eigenvalue weighted by Crippen LogP contribution is 2.41. The Morgan fingerprint density at radius 2 is 1.90 bits per heavy atom. The van der Waals surface area contributed by atoms with E-state index < -0.39 is 23.7 Å². The highest BCUT2D eigenvalue weighted by molar-refractivity contribution is 6.08. The van der Waals surface area contributed by atoms with E-state index in [2.05, 4.69) is 19.9 Å². The Morgan fingerprint density at radius 1 is 1.10 bits per heavy atom. The molecule has 0 bridgehead atoms. The van der Waals surface area contributed by atoms with E-state index in [9.17, 15) is 13.6 Å². The van der Waals surface area contributed by atoms with Gasteiger partial charge in [0.1, 0.15) is 5.82 Å². The van der Waals surface area contributed by atoms with Crippen molar-refractivity contribution in [2.45, 2.75) is 12.0 Å². The van der Waals surface area contributed by atoms with Crippen LogP contribution in [0.2, 0.25) is 0 Å². The molecule has 2 aromatic heterocycles. The Kier molecular flexibility index (Phi) is 4.69. The highest BCUT2D eigenvalue weighted by Gasteiger charge is 2.52. The molecule has 30 heavy (non-hydrogen) atoms. The topological polar surface area (TPSA) is 97.4 Å². The summed E-state index contributed by atoms with van der Waals surface area (Å²) in [5.74, 6) is -1.67. The van der Waals surface area contributed by atoms with Crippen LogP contribution in [-0.2, 0) is 10.3 Å². The fourth-order valence-electron chi connectivity index (χ4n) is 3.31. The molecule has 0 radical (unpaired) electrons. The Bertz CT molecular complexity index is 1150. The number of guanidine groups is 1. The van der Waals surface area contributed by atoms with Crippen LogP contribution in [0.25, 0.3) is 11.3 Å². The van der Waals surface area contributed by atoms with Gasteiger partial charge < -0.3 is 5.73 Å². The van der Waals surface area contributed by atoms with E-state index in [0.717, 1.165) is 29.3 Å². The van der Waals surface area contributed by atoms with Crippen molar-refractivity contribution in [2.24, 2.45) is 10.7 Å². The monoisotopic (exact) mass is 412 g/mol. The average Bonchev–Trinajstić information content (AvgIpc) is 2.99. The second kappa shape index (κ2) is 7.21. The smallest absolute Gasteiger partial charge is 0.268 e. The number of pyridine rings is 1. The molecule has 1 unspecified atom stereocenters. The first-order valence-electron chi connectivity index (χ1n) is 8.79. The first-order valence-corrected chi connectivity index (χ1v) is 8.79. The Hall–Kier alpha value is -3.82. The number of carbonyl (C=O) groups is 1. The molecule has 0 saturated heterocycles. The summed E-state index contributed by atoms with van der Waals surface area (Å²) in [5, 5.41) is 0. The Morgan fingerprint density at radius 3 is 2.53 bits per heavy atom. The van der Waals surface area contributed by atoms with Crippen molar-refractivity contribution in [1.82, 2.24) is 19.9 Å². The summed E-state index contributed by atoms with van der Waals surface area (Å²) in [5.41, 5.74) is 3.98. The summed E-state index contributed by atoms with van der Waals surface area (Å²) in [6.45, 7) is 0. The van der Waals surface area contributed by atoms with Crippen LogP contribution >= 0.6 is 0 Å². The highest BCUT2D eigenvalue weighted by atomic mass is 19.3. The van der Waals surface area contributed by atoms with Crippen LogP contribution in [0, 0.1) is 5.82 Å². The van der Waals surface area contributed by atoms with Gasteiger partial charge in [0.15, 0.2) is 5.96 Å². The minimum absolute atomic E-state index is 0.159. The Balaban J connectivity index is 2.00. The van der Waals surface area contributed by atoms with E-state index in [0.29, 0.717) is 11.3 Å². The first-order chi connectivity index (χ1) is 14.3. The zero-order chi connectivity index (χ0) is 21.5. The maximum Gasteiger partial charge on any atom is 0.268 e. The number of hydrogen-bond donors (Lipinski definition) is 1. The molecule has 0 aliphatic carbocycles.